The summed E-state index contributed by atoms with van der Waals surface area (Å²) in [6.45, 7) is 12.7. The minimum absolute atomic E-state index is 0.219. The maximum Gasteiger partial charge on any atom is 0.0165 e. The Labute approximate surface area is 94.5 Å². The molecule has 1 aliphatic rings. The molecule has 0 amide bonds. The highest BCUT2D eigenvalue weighted by molar-refractivity contribution is 4.89. The lowest BCUT2D eigenvalue weighted by molar-refractivity contribution is 0.126. The van der Waals surface area contributed by atoms with Crippen LogP contribution in [0.15, 0.2) is 12.7 Å². The number of rotatable bonds is 4. The van der Waals surface area contributed by atoms with Crippen molar-refractivity contribution in [2.75, 3.05) is 13.1 Å². The van der Waals surface area contributed by atoms with Gasteiger partial charge in [-0.3, -0.25) is 4.90 Å². The molecule has 0 bridgehead atoms. The first kappa shape index (κ1) is 12.7. The van der Waals surface area contributed by atoms with E-state index in [0.717, 1.165) is 13.1 Å². The molecule has 2 heteroatoms. The van der Waals surface area contributed by atoms with Gasteiger partial charge in [-0.05, 0) is 39.5 Å². The van der Waals surface area contributed by atoms with Crippen LogP contribution < -0.4 is 5.73 Å². The molecule has 0 heterocycles. The first-order valence-corrected chi connectivity index (χ1v) is 6.06. The Morgan fingerprint density at radius 2 is 2.07 bits per heavy atom. The lowest BCUT2D eigenvalue weighted by Crippen LogP contribution is -2.46. The quantitative estimate of drug-likeness (QED) is 0.722. The molecule has 0 spiro atoms. The van der Waals surface area contributed by atoms with Gasteiger partial charge in [-0.15, -0.1) is 6.58 Å². The second-order valence-electron chi connectivity index (χ2n) is 5.72. The molecule has 1 saturated carbocycles. The highest BCUT2D eigenvalue weighted by Crippen LogP contribution is 2.27. The summed E-state index contributed by atoms with van der Waals surface area (Å²) in [7, 11) is 0. The summed E-state index contributed by atoms with van der Waals surface area (Å²) in [6.07, 6.45) is 5.80. The molecule has 1 rings (SSSR count). The minimum Gasteiger partial charge on any atom is -0.327 e. The predicted molar refractivity (Wildman–Crippen MR) is 66.8 cm³/mol. The van der Waals surface area contributed by atoms with Crippen LogP contribution >= 0.6 is 0 Å². The minimum atomic E-state index is 0.219. The van der Waals surface area contributed by atoms with E-state index < -0.39 is 0 Å². The highest BCUT2D eigenvalue weighted by Gasteiger charge is 2.29. The normalized spacial score (nSPS) is 27.3. The van der Waals surface area contributed by atoms with Crippen molar-refractivity contribution in [2.24, 2.45) is 11.7 Å². The molecule has 2 atom stereocenters. The molecular weight excluding hydrogens is 184 g/mol. The average Bonchev–Trinajstić information content (AvgIpc) is 2.49. The van der Waals surface area contributed by atoms with E-state index in [4.69, 9.17) is 5.73 Å². The Morgan fingerprint density at radius 1 is 1.40 bits per heavy atom. The average molecular weight is 210 g/mol. The van der Waals surface area contributed by atoms with Gasteiger partial charge in [0.1, 0.15) is 0 Å². The lowest BCUT2D eigenvalue weighted by Gasteiger charge is -2.37. The molecule has 2 nitrogen and oxygen atoms in total. The number of nitrogens with zero attached hydrogens (tertiary/aromatic N) is 1. The Bertz CT molecular complexity index is 205. The van der Waals surface area contributed by atoms with Gasteiger partial charge in [-0.2, -0.15) is 0 Å². The molecule has 88 valence electrons. The summed E-state index contributed by atoms with van der Waals surface area (Å²) in [5.74, 6) is 0.684. The third-order valence-electron chi connectivity index (χ3n) is 3.47. The van der Waals surface area contributed by atoms with Crippen LogP contribution in [0.4, 0.5) is 0 Å². The number of hydrogen-bond acceptors (Lipinski definition) is 2. The summed E-state index contributed by atoms with van der Waals surface area (Å²) < 4.78 is 0. The van der Waals surface area contributed by atoms with E-state index in [-0.39, 0.29) is 5.54 Å². The van der Waals surface area contributed by atoms with Gasteiger partial charge in [0.2, 0.25) is 0 Å². The first-order chi connectivity index (χ1) is 6.95. The van der Waals surface area contributed by atoms with Gasteiger partial charge >= 0.3 is 0 Å². The van der Waals surface area contributed by atoms with E-state index >= 15 is 0 Å². The zero-order chi connectivity index (χ0) is 11.5. The molecule has 2 unspecified atom stereocenters. The van der Waals surface area contributed by atoms with Crippen LogP contribution in [0.5, 0.6) is 0 Å². The summed E-state index contributed by atoms with van der Waals surface area (Å²) in [6, 6.07) is 0.416. The fraction of sp³-hybridized carbons (Fsp3) is 0.846. The van der Waals surface area contributed by atoms with Crippen LogP contribution in [0.1, 0.15) is 40.0 Å². The summed E-state index contributed by atoms with van der Waals surface area (Å²) in [5, 5.41) is 0. The SMILES string of the molecule is C=CCN(CC1CCCC1N)C(C)(C)C. The van der Waals surface area contributed by atoms with Gasteiger partial charge in [0, 0.05) is 24.7 Å². The molecule has 0 aromatic heterocycles. The van der Waals surface area contributed by atoms with Crippen molar-refractivity contribution in [1.29, 1.82) is 0 Å². The van der Waals surface area contributed by atoms with Crippen LogP contribution in [-0.2, 0) is 0 Å². The van der Waals surface area contributed by atoms with Gasteiger partial charge in [-0.25, -0.2) is 0 Å². The maximum atomic E-state index is 6.11. The van der Waals surface area contributed by atoms with Crippen LogP contribution in [-0.4, -0.2) is 29.6 Å². The lowest BCUT2D eigenvalue weighted by atomic mass is 9.99. The van der Waals surface area contributed by atoms with E-state index in [2.05, 4.69) is 32.3 Å². The maximum absolute atomic E-state index is 6.11. The van der Waals surface area contributed by atoms with Crippen molar-refractivity contribution in [1.82, 2.24) is 4.90 Å². The Morgan fingerprint density at radius 3 is 2.47 bits per heavy atom. The predicted octanol–water partition coefficient (Wildman–Crippen LogP) is 2.40. The molecule has 0 aromatic rings. The van der Waals surface area contributed by atoms with Crippen LogP contribution in [0.3, 0.4) is 0 Å². The molecule has 1 fully saturated rings. The van der Waals surface area contributed by atoms with Crippen molar-refractivity contribution < 1.29 is 0 Å². The Hall–Kier alpha value is -0.340. The van der Waals surface area contributed by atoms with Gasteiger partial charge in [0.25, 0.3) is 0 Å². The van der Waals surface area contributed by atoms with E-state index in [9.17, 15) is 0 Å². The molecule has 15 heavy (non-hydrogen) atoms. The van der Waals surface area contributed by atoms with Gasteiger partial charge in [0.05, 0.1) is 0 Å². The zero-order valence-electron chi connectivity index (χ0n) is 10.5. The van der Waals surface area contributed by atoms with Crippen molar-refractivity contribution >= 4 is 0 Å². The Balaban J connectivity index is 2.54. The largest absolute Gasteiger partial charge is 0.327 e. The van der Waals surface area contributed by atoms with E-state index in [1.807, 2.05) is 6.08 Å². The van der Waals surface area contributed by atoms with Gasteiger partial charge in [-0.1, -0.05) is 12.5 Å². The van der Waals surface area contributed by atoms with E-state index in [0.29, 0.717) is 12.0 Å². The third kappa shape index (κ3) is 3.62. The van der Waals surface area contributed by atoms with Crippen molar-refractivity contribution in [2.45, 2.75) is 51.6 Å². The molecule has 0 radical (unpaired) electrons. The third-order valence-corrected chi connectivity index (χ3v) is 3.47. The van der Waals surface area contributed by atoms with E-state index in [1.165, 1.54) is 19.3 Å². The van der Waals surface area contributed by atoms with Crippen LogP contribution in [0, 0.1) is 5.92 Å². The van der Waals surface area contributed by atoms with Crippen molar-refractivity contribution in [3.8, 4) is 0 Å². The molecule has 1 aliphatic carbocycles. The smallest absolute Gasteiger partial charge is 0.0165 e. The first-order valence-electron chi connectivity index (χ1n) is 6.06. The summed E-state index contributed by atoms with van der Waals surface area (Å²) in [4.78, 5) is 2.48. The van der Waals surface area contributed by atoms with Crippen molar-refractivity contribution in [3.05, 3.63) is 12.7 Å². The Kier molecular flexibility index (Phi) is 4.35. The molecule has 0 aromatic carbocycles. The number of nitrogens with two attached hydrogens (primary N) is 1. The van der Waals surface area contributed by atoms with Crippen molar-refractivity contribution in [3.63, 3.8) is 0 Å². The fourth-order valence-corrected chi connectivity index (χ4v) is 2.35. The van der Waals surface area contributed by atoms with Crippen LogP contribution in [0.25, 0.3) is 0 Å². The zero-order valence-corrected chi connectivity index (χ0v) is 10.5. The molecule has 0 aliphatic heterocycles. The standard InChI is InChI=1S/C13H26N2/c1-5-9-15(13(2,3)4)10-11-7-6-8-12(11)14/h5,11-12H,1,6-10,14H2,2-4H3. The topological polar surface area (TPSA) is 29.3 Å². The second-order valence-corrected chi connectivity index (χ2v) is 5.72. The summed E-state index contributed by atoms with van der Waals surface area (Å²) in [5.41, 5.74) is 6.33. The van der Waals surface area contributed by atoms with Crippen LogP contribution in [0.2, 0.25) is 0 Å². The molecular formula is C13H26N2. The molecule has 2 N–H and O–H groups in total. The van der Waals surface area contributed by atoms with Gasteiger partial charge < -0.3 is 5.73 Å². The monoisotopic (exact) mass is 210 g/mol. The molecule has 0 saturated heterocycles. The highest BCUT2D eigenvalue weighted by atomic mass is 15.2. The van der Waals surface area contributed by atoms with E-state index in [1.54, 1.807) is 0 Å². The number of hydrogen-bond donors (Lipinski definition) is 1. The fourth-order valence-electron chi connectivity index (χ4n) is 2.35. The van der Waals surface area contributed by atoms with Gasteiger partial charge in [0.15, 0.2) is 0 Å². The summed E-state index contributed by atoms with van der Waals surface area (Å²) >= 11 is 0. The second kappa shape index (κ2) is 5.13.